The number of amidine groups is 1. The number of ether oxygens (including phenoxy) is 2. The van der Waals surface area contributed by atoms with Crippen molar-refractivity contribution in [2.75, 3.05) is 7.11 Å². The Morgan fingerprint density at radius 2 is 1.75 bits per heavy atom. The standard InChI is InChI=1S/C19H22N2O3/c1-14(2)24-19(20-13-15-7-5-4-6-8-15)21-18(22)16-9-11-17(23-3)12-10-16/h4-12,14H,13H2,1-3H3,(H,20,21,22). The molecule has 2 rings (SSSR count). The molecule has 1 amide bonds. The molecule has 0 saturated heterocycles. The van der Waals surface area contributed by atoms with Crippen molar-refractivity contribution in [1.29, 1.82) is 0 Å². The van der Waals surface area contributed by atoms with E-state index in [0.29, 0.717) is 17.9 Å². The van der Waals surface area contributed by atoms with E-state index < -0.39 is 0 Å². The molecule has 5 heteroatoms. The maximum absolute atomic E-state index is 12.3. The van der Waals surface area contributed by atoms with Crippen LogP contribution in [0, 0.1) is 0 Å². The Bertz CT molecular complexity index is 680. The maximum atomic E-state index is 12.3. The highest BCUT2D eigenvalue weighted by atomic mass is 16.5. The van der Waals surface area contributed by atoms with Crippen LogP contribution in [-0.2, 0) is 11.3 Å². The van der Waals surface area contributed by atoms with Gasteiger partial charge in [0.15, 0.2) is 0 Å². The molecule has 126 valence electrons. The van der Waals surface area contributed by atoms with Gasteiger partial charge >= 0.3 is 0 Å². The van der Waals surface area contributed by atoms with E-state index in [4.69, 9.17) is 9.47 Å². The molecule has 2 aromatic rings. The number of carbonyl (C=O) groups is 1. The largest absolute Gasteiger partial charge is 0.497 e. The number of benzene rings is 2. The molecule has 0 saturated carbocycles. The van der Waals surface area contributed by atoms with Gasteiger partial charge in [0, 0.05) is 5.56 Å². The van der Waals surface area contributed by atoms with Crippen molar-refractivity contribution >= 4 is 11.9 Å². The molecule has 5 nitrogen and oxygen atoms in total. The Morgan fingerprint density at radius 3 is 2.33 bits per heavy atom. The molecular weight excluding hydrogens is 304 g/mol. The SMILES string of the molecule is COc1ccc(C(=O)NC(=NCc2ccccc2)OC(C)C)cc1. The van der Waals surface area contributed by atoms with Gasteiger partial charge in [-0.05, 0) is 43.7 Å². The number of methoxy groups -OCH3 is 1. The minimum atomic E-state index is -0.273. The number of nitrogens with zero attached hydrogens (tertiary/aromatic N) is 1. The van der Waals surface area contributed by atoms with Crippen LogP contribution in [0.2, 0.25) is 0 Å². The average molecular weight is 326 g/mol. The fraction of sp³-hybridized carbons (Fsp3) is 0.263. The summed E-state index contributed by atoms with van der Waals surface area (Å²) in [7, 11) is 1.58. The van der Waals surface area contributed by atoms with Gasteiger partial charge in [-0.25, -0.2) is 4.99 Å². The first kappa shape index (κ1) is 17.5. The minimum absolute atomic E-state index is 0.0873. The molecule has 0 unspecified atom stereocenters. The first-order chi connectivity index (χ1) is 11.6. The topological polar surface area (TPSA) is 59.9 Å². The van der Waals surface area contributed by atoms with Gasteiger partial charge in [-0.15, -0.1) is 0 Å². The molecule has 0 fully saturated rings. The molecule has 0 aliphatic heterocycles. The molecule has 0 spiro atoms. The van der Waals surface area contributed by atoms with Gasteiger partial charge in [-0.2, -0.15) is 0 Å². The van der Waals surface area contributed by atoms with Gasteiger partial charge in [-0.3, -0.25) is 10.1 Å². The second-order valence-electron chi connectivity index (χ2n) is 5.46. The Kier molecular flexibility index (Phi) is 6.37. The summed E-state index contributed by atoms with van der Waals surface area (Å²) in [4.78, 5) is 16.7. The first-order valence-corrected chi connectivity index (χ1v) is 7.79. The van der Waals surface area contributed by atoms with E-state index in [1.807, 2.05) is 44.2 Å². The predicted octanol–water partition coefficient (Wildman–Crippen LogP) is 3.41. The monoisotopic (exact) mass is 326 g/mol. The van der Waals surface area contributed by atoms with Gasteiger partial charge in [0.1, 0.15) is 5.75 Å². The smallest absolute Gasteiger partial charge is 0.292 e. The number of hydrogen-bond donors (Lipinski definition) is 1. The summed E-state index contributed by atoms with van der Waals surface area (Å²) >= 11 is 0. The summed E-state index contributed by atoms with van der Waals surface area (Å²) < 4.78 is 10.7. The molecule has 1 N–H and O–H groups in total. The number of aliphatic imine (C=N–C) groups is 1. The fourth-order valence-electron chi connectivity index (χ4n) is 1.99. The third-order valence-corrected chi connectivity index (χ3v) is 3.17. The second-order valence-corrected chi connectivity index (χ2v) is 5.46. The Labute approximate surface area is 142 Å². The van der Waals surface area contributed by atoms with Crippen molar-refractivity contribution in [3.63, 3.8) is 0 Å². The Balaban J connectivity index is 2.07. The summed E-state index contributed by atoms with van der Waals surface area (Å²) in [6.45, 7) is 4.21. The van der Waals surface area contributed by atoms with Crippen LogP contribution in [0.1, 0.15) is 29.8 Å². The molecule has 0 heterocycles. The predicted molar refractivity (Wildman–Crippen MR) is 94.3 cm³/mol. The van der Waals surface area contributed by atoms with Crippen molar-refractivity contribution in [3.05, 3.63) is 65.7 Å². The van der Waals surface area contributed by atoms with Crippen LogP contribution < -0.4 is 10.1 Å². The molecule has 0 aromatic heterocycles. The fourth-order valence-corrected chi connectivity index (χ4v) is 1.99. The van der Waals surface area contributed by atoms with Crippen molar-refractivity contribution < 1.29 is 14.3 Å². The normalized spacial score (nSPS) is 11.2. The third kappa shape index (κ3) is 5.43. The van der Waals surface area contributed by atoms with Gasteiger partial charge in [-0.1, -0.05) is 30.3 Å². The van der Waals surface area contributed by atoms with Gasteiger partial charge in [0.05, 0.1) is 19.8 Å². The van der Waals surface area contributed by atoms with Gasteiger partial charge in [0.25, 0.3) is 11.9 Å². The third-order valence-electron chi connectivity index (χ3n) is 3.17. The highest BCUT2D eigenvalue weighted by Crippen LogP contribution is 2.11. The van der Waals surface area contributed by atoms with E-state index in [1.165, 1.54) is 0 Å². The number of amides is 1. The maximum Gasteiger partial charge on any atom is 0.292 e. The van der Waals surface area contributed by atoms with Crippen LogP contribution in [0.25, 0.3) is 0 Å². The van der Waals surface area contributed by atoms with Gasteiger partial charge in [0.2, 0.25) is 0 Å². The number of hydrogen-bond acceptors (Lipinski definition) is 4. The number of nitrogens with one attached hydrogen (secondary N) is 1. The van der Waals surface area contributed by atoms with Gasteiger partial charge < -0.3 is 9.47 Å². The molecule has 24 heavy (non-hydrogen) atoms. The van der Waals surface area contributed by atoms with Crippen molar-refractivity contribution in [2.45, 2.75) is 26.5 Å². The lowest BCUT2D eigenvalue weighted by Crippen LogP contribution is -2.34. The van der Waals surface area contributed by atoms with E-state index in [2.05, 4.69) is 10.3 Å². The summed E-state index contributed by atoms with van der Waals surface area (Å²) in [5.74, 6) is 0.424. The van der Waals surface area contributed by atoms with Crippen LogP contribution in [0.3, 0.4) is 0 Å². The van der Waals surface area contributed by atoms with E-state index in [9.17, 15) is 4.79 Å². The van der Waals surface area contributed by atoms with E-state index in [0.717, 1.165) is 5.56 Å². The molecular formula is C19H22N2O3. The average Bonchev–Trinajstić information content (AvgIpc) is 2.60. The van der Waals surface area contributed by atoms with Crippen molar-refractivity contribution in [1.82, 2.24) is 5.32 Å². The Morgan fingerprint density at radius 1 is 1.08 bits per heavy atom. The van der Waals surface area contributed by atoms with Crippen LogP contribution in [0.15, 0.2) is 59.6 Å². The minimum Gasteiger partial charge on any atom is -0.497 e. The quantitative estimate of drug-likeness (QED) is 0.676. The molecule has 0 radical (unpaired) electrons. The number of carbonyl (C=O) groups excluding carboxylic acids is 1. The zero-order chi connectivity index (χ0) is 17.4. The first-order valence-electron chi connectivity index (χ1n) is 7.79. The highest BCUT2D eigenvalue weighted by molar-refractivity contribution is 6.04. The summed E-state index contributed by atoms with van der Waals surface area (Å²) in [6, 6.07) is 16.9. The lowest BCUT2D eigenvalue weighted by Gasteiger charge is -2.13. The van der Waals surface area contributed by atoms with Crippen LogP contribution in [0.5, 0.6) is 5.75 Å². The van der Waals surface area contributed by atoms with Crippen LogP contribution >= 0.6 is 0 Å². The molecule has 2 aromatic carbocycles. The van der Waals surface area contributed by atoms with E-state index in [-0.39, 0.29) is 18.0 Å². The lowest BCUT2D eigenvalue weighted by molar-refractivity contribution is 0.0959. The number of rotatable bonds is 5. The van der Waals surface area contributed by atoms with E-state index >= 15 is 0 Å². The van der Waals surface area contributed by atoms with E-state index in [1.54, 1.807) is 31.4 Å². The molecule has 0 bridgehead atoms. The summed E-state index contributed by atoms with van der Waals surface area (Å²) in [5.41, 5.74) is 1.55. The molecule has 0 aliphatic carbocycles. The lowest BCUT2D eigenvalue weighted by atomic mass is 10.2. The second kappa shape index (κ2) is 8.72. The summed E-state index contributed by atoms with van der Waals surface area (Å²) in [6.07, 6.45) is -0.0873. The van der Waals surface area contributed by atoms with Crippen LogP contribution in [-0.4, -0.2) is 25.1 Å². The van der Waals surface area contributed by atoms with Crippen molar-refractivity contribution in [2.24, 2.45) is 4.99 Å². The van der Waals surface area contributed by atoms with Crippen molar-refractivity contribution in [3.8, 4) is 5.75 Å². The summed E-state index contributed by atoms with van der Waals surface area (Å²) in [5, 5.41) is 2.72. The highest BCUT2D eigenvalue weighted by Gasteiger charge is 2.11. The zero-order valence-corrected chi connectivity index (χ0v) is 14.2. The molecule has 0 aliphatic rings. The molecule has 0 atom stereocenters. The van der Waals surface area contributed by atoms with Crippen LogP contribution in [0.4, 0.5) is 0 Å². The Hall–Kier alpha value is -2.82. The zero-order valence-electron chi connectivity index (χ0n) is 14.2.